The average molecular weight is 407 g/mol. The van der Waals surface area contributed by atoms with Gasteiger partial charge in [-0.15, -0.1) is 0 Å². The monoisotopic (exact) mass is 406 g/mol. The van der Waals surface area contributed by atoms with E-state index in [0.717, 1.165) is 54.4 Å². The summed E-state index contributed by atoms with van der Waals surface area (Å²) >= 11 is 0. The molecule has 0 bridgehead atoms. The highest BCUT2D eigenvalue weighted by Gasteiger charge is 2.21. The van der Waals surface area contributed by atoms with E-state index in [0.29, 0.717) is 18.9 Å². The molecule has 4 rings (SSSR count). The predicted molar refractivity (Wildman–Crippen MR) is 118 cm³/mol. The summed E-state index contributed by atoms with van der Waals surface area (Å²) in [5.41, 5.74) is 4.23. The number of aryl methyl sites for hydroxylation is 1. The lowest BCUT2D eigenvalue weighted by molar-refractivity contribution is -0.116. The third-order valence-electron chi connectivity index (χ3n) is 6.02. The van der Waals surface area contributed by atoms with Crippen LogP contribution in [-0.4, -0.2) is 50.5 Å². The van der Waals surface area contributed by atoms with E-state index in [-0.39, 0.29) is 5.91 Å². The van der Waals surface area contributed by atoms with Gasteiger partial charge in [-0.2, -0.15) is 10.2 Å². The minimum absolute atomic E-state index is 0.0101. The second-order valence-electron chi connectivity index (χ2n) is 8.14. The van der Waals surface area contributed by atoms with Crippen molar-refractivity contribution in [2.45, 2.75) is 45.6 Å². The van der Waals surface area contributed by atoms with E-state index in [1.54, 1.807) is 6.20 Å². The summed E-state index contributed by atoms with van der Waals surface area (Å²) in [4.78, 5) is 15.0. The molecule has 1 aliphatic rings. The Bertz CT molecular complexity index is 998. The molecule has 30 heavy (non-hydrogen) atoms. The molecule has 3 heterocycles. The molecule has 1 aromatic carbocycles. The molecular weight excluding hydrogens is 376 g/mol. The molecule has 0 saturated carbocycles. The van der Waals surface area contributed by atoms with E-state index in [9.17, 15) is 4.79 Å². The third-order valence-corrected chi connectivity index (χ3v) is 6.02. The lowest BCUT2D eigenvalue weighted by Gasteiger charge is -2.30. The molecule has 0 aliphatic carbocycles. The smallest absolute Gasteiger partial charge is 0.225 e. The topological polar surface area (TPSA) is 68.0 Å². The van der Waals surface area contributed by atoms with Crippen molar-refractivity contribution in [3.8, 4) is 5.69 Å². The first-order chi connectivity index (χ1) is 14.5. The maximum absolute atomic E-state index is 12.7. The predicted octanol–water partition coefficient (Wildman–Crippen LogP) is 3.52. The van der Waals surface area contributed by atoms with Crippen LogP contribution in [0.1, 0.15) is 42.3 Å². The third kappa shape index (κ3) is 4.31. The molecule has 158 valence electrons. The van der Waals surface area contributed by atoms with E-state index < -0.39 is 0 Å². The number of para-hydroxylation sites is 1. The first-order valence-corrected chi connectivity index (χ1v) is 10.7. The van der Waals surface area contributed by atoms with Crippen molar-refractivity contribution in [1.29, 1.82) is 0 Å². The fourth-order valence-corrected chi connectivity index (χ4v) is 4.25. The average Bonchev–Trinajstić information content (AvgIpc) is 3.32. The van der Waals surface area contributed by atoms with Gasteiger partial charge in [0.15, 0.2) is 0 Å². The number of nitrogens with one attached hydrogen (secondary N) is 1. The molecule has 1 aliphatic heterocycles. The Labute approximate surface area is 177 Å². The molecule has 2 aromatic heterocycles. The van der Waals surface area contributed by atoms with Gasteiger partial charge in [-0.05, 0) is 70.9 Å². The van der Waals surface area contributed by atoms with Crippen LogP contribution < -0.4 is 5.32 Å². The SMILES string of the molecule is Cc1nn(-c2ccccc2)c(C)c1CCC(=O)Nc1ccnn1C1CCN(C)CC1. The Morgan fingerprint density at radius 1 is 1.13 bits per heavy atom. The fraction of sp³-hybridized carbons (Fsp3) is 0.435. The second kappa shape index (κ2) is 8.83. The maximum atomic E-state index is 12.7. The number of anilines is 1. The van der Waals surface area contributed by atoms with Gasteiger partial charge in [0, 0.05) is 18.2 Å². The van der Waals surface area contributed by atoms with Gasteiger partial charge in [-0.1, -0.05) is 18.2 Å². The van der Waals surface area contributed by atoms with E-state index >= 15 is 0 Å². The number of hydrogen-bond donors (Lipinski definition) is 1. The van der Waals surface area contributed by atoms with Gasteiger partial charge in [-0.25, -0.2) is 9.36 Å². The van der Waals surface area contributed by atoms with Gasteiger partial charge in [-0.3, -0.25) is 4.79 Å². The van der Waals surface area contributed by atoms with Gasteiger partial charge in [0.05, 0.1) is 23.6 Å². The van der Waals surface area contributed by atoms with Crippen LogP contribution in [0.15, 0.2) is 42.6 Å². The van der Waals surface area contributed by atoms with Crippen LogP contribution in [0, 0.1) is 13.8 Å². The van der Waals surface area contributed by atoms with Crippen molar-refractivity contribution in [2.75, 3.05) is 25.5 Å². The van der Waals surface area contributed by atoms with Crippen LogP contribution in [0.4, 0.5) is 5.82 Å². The number of aromatic nitrogens is 4. The molecule has 1 N–H and O–H groups in total. The standard InChI is InChI=1S/C23H30N6O/c1-17-21(18(2)28(26-17)19-7-5-4-6-8-19)9-10-23(30)25-22-11-14-24-29(22)20-12-15-27(3)16-13-20/h4-8,11,14,20H,9-10,12-13,15-16H2,1-3H3,(H,25,30). The molecule has 7 nitrogen and oxygen atoms in total. The highest BCUT2D eigenvalue weighted by molar-refractivity contribution is 5.90. The lowest BCUT2D eigenvalue weighted by atomic mass is 10.1. The van der Waals surface area contributed by atoms with Crippen LogP contribution in [0.5, 0.6) is 0 Å². The number of rotatable bonds is 6. The fourth-order valence-electron chi connectivity index (χ4n) is 4.25. The van der Waals surface area contributed by atoms with Gasteiger partial charge in [0.25, 0.3) is 0 Å². The Balaban J connectivity index is 1.40. The van der Waals surface area contributed by atoms with E-state index in [4.69, 9.17) is 0 Å². The number of hydrogen-bond acceptors (Lipinski definition) is 4. The van der Waals surface area contributed by atoms with E-state index in [2.05, 4.69) is 34.4 Å². The molecule has 0 unspecified atom stereocenters. The number of benzene rings is 1. The van der Waals surface area contributed by atoms with Crippen molar-refractivity contribution in [1.82, 2.24) is 24.5 Å². The van der Waals surface area contributed by atoms with Gasteiger partial charge in [0.2, 0.25) is 5.91 Å². The number of carbonyl (C=O) groups is 1. The van der Waals surface area contributed by atoms with Crippen molar-refractivity contribution < 1.29 is 4.79 Å². The number of amides is 1. The Morgan fingerprint density at radius 3 is 2.60 bits per heavy atom. The molecule has 1 saturated heterocycles. The van der Waals surface area contributed by atoms with Crippen molar-refractivity contribution in [2.24, 2.45) is 0 Å². The molecule has 1 amide bonds. The summed E-state index contributed by atoms with van der Waals surface area (Å²) < 4.78 is 3.94. The van der Waals surface area contributed by atoms with Crippen molar-refractivity contribution in [3.05, 3.63) is 59.5 Å². The van der Waals surface area contributed by atoms with Crippen LogP contribution in [0.2, 0.25) is 0 Å². The Hall–Kier alpha value is -2.93. The first-order valence-electron chi connectivity index (χ1n) is 10.7. The molecule has 1 fully saturated rings. The molecule has 0 atom stereocenters. The summed E-state index contributed by atoms with van der Waals surface area (Å²) in [7, 11) is 2.14. The molecular formula is C23H30N6O. The van der Waals surface area contributed by atoms with Crippen LogP contribution >= 0.6 is 0 Å². The lowest BCUT2D eigenvalue weighted by Crippen LogP contribution is -2.32. The quantitative estimate of drug-likeness (QED) is 0.680. The minimum Gasteiger partial charge on any atom is -0.311 e. The van der Waals surface area contributed by atoms with Crippen LogP contribution in [0.3, 0.4) is 0 Å². The number of nitrogens with zero attached hydrogens (tertiary/aromatic N) is 5. The van der Waals surface area contributed by atoms with Crippen LogP contribution in [0.25, 0.3) is 5.69 Å². The summed E-state index contributed by atoms with van der Waals surface area (Å²) in [5.74, 6) is 0.805. The summed E-state index contributed by atoms with van der Waals surface area (Å²) in [6, 6.07) is 12.3. The Morgan fingerprint density at radius 2 is 1.87 bits per heavy atom. The normalized spacial score (nSPS) is 15.4. The first kappa shape index (κ1) is 20.3. The molecule has 3 aromatic rings. The highest BCUT2D eigenvalue weighted by atomic mass is 16.1. The zero-order valence-electron chi connectivity index (χ0n) is 18.0. The largest absolute Gasteiger partial charge is 0.311 e. The minimum atomic E-state index is 0.0101. The zero-order valence-corrected chi connectivity index (χ0v) is 18.0. The molecule has 0 radical (unpaired) electrons. The van der Waals surface area contributed by atoms with E-state index in [1.807, 2.05) is 52.7 Å². The number of piperidine rings is 1. The van der Waals surface area contributed by atoms with Gasteiger partial charge in [0.1, 0.15) is 5.82 Å². The van der Waals surface area contributed by atoms with Gasteiger partial charge < -0.3 is 10.2 Å². The summed E-state index contributed by atoms with van der Waals surface area (Å²) in [6.07, 6.45) is 4.96. The second-order valence-corrected chi connectivity index (χ2v) is 8.14. The Kier molecular flexibility index (Phi) is 5.99. The highest BCUT2D eigenvalue weighted by Crippen LogP contribution is 2.25. The number of carbonyl (C=O) groups excluding carboxylic acids is 1. The van der Waals surface area contributed by atoms with Crippen LogP contribution in [-0.2, 0) is 11.2 Å². The van der Waals surface area contributed by atoms with Gasteiger partial charge >= 0.3 is 0 Å². The summed E-state index contributed by atoms with van der Waals surface area (Å²) in [6.45, 7) is 6.19. The van der Waals surface area contributed by atoms with Crippen molar-refractivity contribution in [3.63, 3.8) is 0 Å². The van der Waals surface area contributed by atoms with E-state index in [1.165, 1.54) is 0 Å². The summed E-state index contributed by atoms with van der Waals surface area (Å²) in [5, 5.41) is 12.2. The molecule has 7 heteroatoms. The molecule has 0 spiro atoms. The maximum Gasteiger partial charge on any atom is 0.225 e. The number of likely N-dealkylation sites (tertiary alicyclic amines) is 1. The van der Waals surface area contributed by atoms with Crippen molar-refractivity contribution >= 4 is 11.7 Å². The zero-order chi connectivity index (χ0) is 21.1.